The maximum Gasteiger partial charge on any atom is 0.295 e. The quantitative estimate of drug-likeness (QED) is 0.456. The number of aliphatic hydroxyl groups is 3. The molecule has 2 rings (SSSR count). The van der Waals surface area contributed by atoms with Crippen molar-refractivity contribution >= 4 is 12.4 Å². The lowest BCUT2D eigenvalue weighted by Gasteiger charge is -2.11. The Morgan fingerprint density at radius 3 is 2.57 bits per heavy atom. The third-order valence-electron chi connectivity index (χ3n) is 2.63. The van der Waals surface area contributed by atoms with Crippen LogP contribution in [-0.4, -0.2) is 63.9 Å². The lowest BCUT2D eigenvalue weighted by atomic mass is 10.1. The molecule has 0 bridgehead atoms. The summed E-state index contributed by atoms with van der Waals surface area (Å²) in [6.07, 6.45) is -1.58. The van der Waals surface area contributed by atoms with Crippen molar-refractivity contribution in [2.45, 2.75) is 24.6 Å². The number of nitrogens with two attached hydrogens (primary N) is 1. The largest absolute Gasteiger partial charge is 0.435 e. The number of amides is 1. The lowest BCUT2D eigenvalue weighted by Crippen LogP contribution is -2.34. The number of nitrogens with zero attached hydrogens (tertiary/aromatic N) is 1. The van der Waals surface area contributed by atoms with E-state index in [1.54, 1.807) is 18.3 Å². The van der Waals surface area contributed by atoms with Gasteiger partial charge in [0.15, 0.2) is 0 Å². The topological polar surface area (TPSA) is 152 Å². The van der Waals surface area contributed by atoms with E-state index in [2.05, 4.69) is 9.72 Å². The fraction of sp³-hybridized carbons (Fsp3) is 0.417. The summed E-state index contributed by atoms with van der Waals surface area (Å²) in [5, 5.41) is 26.8. The first-order chi connectivity index (χ1) is 10.0. The standard InChI is InChI=1S/C6H6N2O.C6H10O6/c7-6(9)5-2-1-3-8-4-5;7-1-3-4(9)5(10)6(12-3)11-2-8/h1-4H,(H2,7,9);2-7,9-10H,1H2/t;3-,4-,5-,6?/m.1/s1. The van der Waals surface area contributed by atoms with Gasteiger partial charge in [0, 0.05) is 12.4 Å². The highest BCUT2D eigenvalue weighted by Gasteiger charge is 2.43. The Bertz CT molecular complexity index is 456. The molecule has 0 aliphatic carbocycles. The van der Waals surface area contributed by atoms with Gasteiger partial charge in [-0.3, -0.25) is 14.6 Å². The van der Waals surface area contributed by atoms with Crippen LogP contribution in [0, 0.1) is 0 Å². The molecule has 0 spiro atoms. The molecular weight excluding hydrogens is 284 g/mol. The van der Waals surface area contributed by atoms with Gasteiger partial charge in [0.2, 0.25) is 12.2 Å². The van der Waals surface area contributed by atoms with Gasteiger partial charge >= 0.3 is 0 Å². The average Bonchev–Trinajstić information content (AvgIpc) is 2.77. The first-order valence-electron chi connectivity index (χ1n) is 5.92. The van der Waals surface area contributed by atoms with Gasteiger partial charge in [-0.2, -0.15) is 0 Å². The summed E-state index contributed by atoms with van der Waals surface area (Å²) < 4.78 is 9.07. The Morgan fingerprint density at radius 2 is 2.19 bits per heavy atom. The minimum Gasteiger partial charge on any atom is -0.435 e. The molecule has 1 amide bonds. The molecule has 1 unspecified atom stereocenters. The number of carbonyl (C=O) groups excluding carboxylic acids is 2. The molecule has 0 aromatic carbocycles. The first kappa shape index (κ1) is 17.0. The molecule has 0 radical (unpaired) electrons. The molecule has 1 aromatic heterocycles. The van der Waals surface area contributed by atoms with Crippen molar-refractivity contribution in [2.24, 2.45) is 5.73 Å². The van der Waals surface area contributed by atoms with Crippen LogP contribution in [0.4, 0.5) is 0 Å². The van der Waals surface area contributed by atoms with E-state index >= 15 is 0 Å². The molecule has 1 aliphatic rings. The zero-order chi connectivity index (χ0) is 15.8. The minimum atomic E-state index is -1.30. The summed E-state index contributed by atoms with van der Waals surface area (Å²) in [5.41, 5.74) is 5.38. The van der Waals surface area contributed by atoms with Crippen LogP contribution in [-0.2, 0) is 14.3 Å². The van der Waals surface area contributed by atoms with Crippen LogP contribution < -0.4 is 5.73 Å². The Hall–Kier alpha value is -2.07. The molecule has 5 N–H and O–H groups in total. The predicted octanol–water partition coefficient (Wildman–Crippen LogP) is -2.22. The number of hydrogen-bond acceptors (Lipinski definition) is 8. The Morgan fingerprint density at radius 1 is 1.48 bits per heavy atom. The lowest BCUT2D eigenvalue weighted by molar-refractivity contribution is -0.176. The SMILES string of the molecule is NC(=O)c1cccnc1.O=COC1O[C@H](CO)[C@@H](O)[C@H]1O. The summed E-state index contributed by atoms with van der Waals surface area (Å²) >= 11 is 0. The van der Waals surface area contributed by atoms with E-state index in [-0.39, 0.29) is 6.47 Å². The van der Waals surface area contributed by atoms with E-state index in [1.165, 1.54) is 6.20 Å². The molecule has 2 heterocycles. The number of primary amides is 1. The second-order valence-electron chi connectivity index (χ2n) is 4.04. The van der Waals surface area contributed by atoms with Gasteiger partial charge in [0.05, 0.1) is 12.2 Å². The summed E-state index contributed by atoms with van der Waals surface area (Å²) in [4.78, 5) is 23.9. The van der Waals surface area contributed by atoms with Crippen molar-refractivity contribution in [3.05, 3.63) is 30.1 Å². The molecule has 21 heavy (non-hydrogen) atoms. The van der Waals surface area contributed by atoms with Crippen LogP contribution in [0.5, 0.6) is 0 Å². The van der Waals surface area contributed by atoms with Crippen LogP contribution in [0.15, 0.2) is 24.5 Å². The Balaban J connectivity index is 0.000000219. The van der Waals surface area contributed by atoms with Crippen LogP contribution in [0.1, 0.15) is 10.4 Å². The highest BCUT2D eigenvalue weighted by Crippen LogP contribution is 2.20. The zero-order valence-corrected chi connectivity index (χ0v) is 10.9. The monoisotopic (exact) mass is 300 g/mol. The van der Waals surface area contributed by atoms with Crippen molar-refractivity contribution in [1.29, 1.82) is 0 Å². The summed E-state index contributed by atoms with van der Waals surface area (Å²) in [6, 6.07) is 3.29. The second kappa shape index (κ2) is 8.27. The van der Waals surface area contributed by atoms with Gasteiger partial charge in [0.1, 0.15) is 18.3 Å². The number of ether oxygens (including phenoxy) is 2. The van der Waals surface area contributed by atoms with E-state index in [9.17, 15) is 9.59 Å². The van der Waals surface area contributed by atoms with Gasteiger partial charge < -0.3 is 30.5 Å². The normalized spacial score (nSPS) is 27.4. The van der Waals surface area contributed by atoms with Crippen LogP contribution >= 0.6 is 0 Å². The maximum atomic E-state index is 10.4. The van der Waals surface area contributed by atoms with E-state index in [1.807, 2.05) is 0 Å². The molecule has 9 heteroatoms. The summed E-state index contributed by atoms with van der Waals surface area (Å²) in [5.74, 6) is -0.442. The Kier molecular flexibility index (Phi) is 6.69. The Labute approximate surface area is 119 Å². The molecule has 116 valence electrons. The number of carbonyl (C=O) groups is 2. The number of rotatable bonds is 4. The summed E-state index contributed by atoms with van der Waals surface area (Å²) in [7, 11) is 0. The number of aliphatic hydroxyl groups excluding tert-OH is 3. The molecular formula is C12H16N2O7. The van der Waals surface area contributed by atoms with Crippen molar-refractivity contribution in [3.63, 3.8) is 0 Å². The summed E-state index contributed by atoms with van der Waals surface area (Å²) in [6.45, 7) is -0.322. The number of hydrogen-bond donors (Lipinski definition) is 4. The van der Waals surface area contributed by atoms with Crippen LogP contribution in [0.25, 0.3) is 0 Å². The zero-order valence-electron chi connectivity index (χ0n) is 10.9. The minimum absolute atomic E-state index is 0.111. The molecule has 9 nitrogen and oxygen atoms in total. The fourth-order valence-electron chi connectivity index (χ4n) is 1.54. The van der Waals surface area contributed by atoms with Crippen molar-refractivity contribution in [1.82, 2.24) is 4.98 Å². The average molecular weight is 300 g/mol. The first-order valence-corrected chi connectivity index (χ1v) is 5.92. The highest BCUT2D eigenvalue weighted by atomic mass is 16.7. The van der Waals surface area contributed by atoms with Gasteiger partial charge in [-0.15, -0.1) is 0 Å². The third kappa shape index (κ3) is 4.76. The molecule has 1 aliphatic heterocycles. The second-order valence-corrected chi connectivity index (χ2v) is 4.04. The van der Waals surface area contributed by atoms with Gasteiger partial charge in [0.25, 0.3) is 6.47 Å². The van der Waals surface area contributed by atoms with Crippen LogP contribution in [0.2, 0.25) is 0 Å². The van der Waals surface area contributed by atoms with E-state index in [0.29, 0.717) is 5.56 Å². The highest BCUT2D eigenvalue weighted by molar-refractivity contribution is 5.92. The van der Waals surface area contributed by atoms with Gasteiger partial charge in [-0.05, 0) is 12.1 Å². The van der Waals surface area contributed by atoms with Crippen LogP contribution in [0.3, 0.4) is 0 Å². The van der Waals surface area contributed by atoms with E-state index in [4.69, 9.17) is 25.8 Å². The molecule has 1 aromatic rings. The predicted molar refractivity (Wildman–Crippen MR) is 67.7 cm³/mol. The van der Waals surface area contributed by atoms with E-state index in [0.717, 1.165) is 0 Å². The number of aromatic nitrogens is 1. The van der Waals surface area contributed by atoms with Gasteiger partial charge in [-0.25, -0.2) is 0 Å². The molecule has 1 fully saturated rings. The fourth-order valence-corrected chi connectivity index (χ4v) is 1.54. The molecule has 0 saturated carbocycles. The van der Waals surface area contributed by atoms with E-state index < -0.39 is 37.1 Å². The number of pyridine rings is 1. The van der Waals surface area contributed by atoms with Crippen molar-refractivity contribution in [3.8, 4) is 0 Å². The van der Waals surface area contributed by atoms with Crippen molar-refractivity contribution in [2.75, 3.05) is 6.61 Å². The maximum absolute atomic E-state index is 10.4. The van der Waals surface area contributed by atoms with Crippen molar-refractivity contribution < 1.29 is 34.4 Å². The molecule has 1 saturated heterocycles. The third-order valence-corrected chi connectivity index (χ3v) is 2.63. The smallest absolute Gasteiger partial charge is 0.295 e. The van der Waals surface area contributed by atoms with Gasteiger partial charge in [-0.1, -0.05) is 0 Å². The molecule has 4 atom stereocenters.